The van der Waals surface area contributed by atoms with Crippen molar-refractivity contribution in [3.63, 3.8) is 0 Å². The minimum Gasteiger partial charge on any atom is -0.360 e. The largest absolute Gasteiger partial charge is 0.360 e. The van der Waals surface area contributed by atoms with E-state index in [-0.39, 0.29) is 5.56 Å². The first-order chi connectivity index (χ1) is 22.3. The number of anilines is 2. The number of rotatable bonds is 10. The molecule has 6 aromatic rings. The smallest absolute Gasteiger partial charge is 0.284 e. The molecule has 10 heteroatoms. The van der Waals surface area contributed by atoms with Crippen molar-refractivity contribution in [1.29, 1.82) is 0 Å². The van der Waals surface area contributed by atoms with Gasteiger partial charge in [-0.15, -0.1) is 0 Å². The Bertz CT molecular complexity index is 2100. The molecule has 0 bridgehead atoms. The molecule has 46 heavy (non-hydrogen) atoms. The van der Waals surface area contributed by atoms with E-state index in [1.165, 1.54) is 10.1 Å². The van der Waals surface area contributed by atoms with E-state index in [1.807, 2.05) is 72.9 Å². The van der Waals surface area contributed by atoms with E-state index < -0.39 is 8.07 Å². The highest BCUT2D eigenvalue weighted by Crippen LogP contribution is 2.37. The summed E-state index contributed by atoms with van der Waals surface area (Å²) in [6, 6.07) is 22.9. The third-order valence-electron chi connectivity index (χ3n) is 8.45. The van der Waals surface area contributed by atoms with E-state index in [9.17, 15) is 4.79 Å². The molecule has 0 saturated heterocycles. The van der Waals surface area contributed by atoms with E-state index in [1.54, 1.807) is 10.9 Å². The Kier molecular flexibility index (Phi) is 8.14. The second-order valence-electron chi connectivity index (χ2n) is 13.1. The Morgan fingerprint density at radius 3 is 2.63 bits per heavy atom. The molecule has 234 valence electrons. The Morgan fingerprint density at radius 2 is 1.83 bits per heavy atom. The number of H-pyrrole nitrogens is 1. The monoisotopic (exact) mass is 629 g/mol. The van der Waals surface area contributed by atoms with Crippen molar-refractivity contribution in [2.75, 3.05) is 11.9 Å². The summed E-state index contributed by atoms with van der Waals surface area (Å²) in [5.41, 5.74) is 6.51. The van der Waals surface area contributed by atoms with Crippen LogP contribution in [0, 0.1) is 0 Å². The SMILES string of the molecule is C[Si](C)(C)CCOCn1ccc(Nc2[nH]c3c(C4=CCCCC4)c(-c4ccccc4)nn3c(=O)c2-c2ccc3ncccc3c2)n1. The highest BCUT2D eigenvalue weighted by molar-refractivity contribution is 6.76. The predicted octanol–water partition coefficient (Wildman–Crippen LogP) is 8.11. The summed E-state index contributed by atoms with van der Waals surface area (Å²) in [5, 5.41) is 14.1. The number of benzene rings is 2. The van der Waals surface area contributed by atoms with Gasteiger partial charge in [-0.25, -0.2) is 4.68 Å². The first-order valence-electron chi connectivity index (χ1n) is 16.0. The van der Waals surface area contributed by atoms with Gasteiger partial charge in [-0.3, -0.25) is 9.78 Å². The number of fused-ring (bicyclic) bond motifs is 2. The third kappa shape index (κ3) is 6.18. The van der Waals surface area contributed by atoms with Crippen LogP contribution in [0.2, 0.25) is 25.7 Å². The summed E-state index contributed by atoms with van der Waals surface area (Å²) in [6.45, 7) is 8.10. The van der Waals surface area contributed by atoms with Crippen LogP contribution in [0.4, 0.5) is 11.6 Å². The number of allylic oxidation sites excluding steroid dienone is 2. The van der Waals surface area contributed by atoms with E-state index in [0.29, 0.717) is 36.2 Å². The number of aromatic nitrogens is 6. The highest BCUT2D eigenvalue weighted by Gasteiger charge is 2.25. The minimum absolute atomic E-state index is 0.214. The number of aromatic amines is 1. The van der Waals surface area contributed by atoms with Crippen molar-refractivity contribution < 1.29 is 4.74 Å². The Hall–Kier alpha value is -4.80. The van der Waals surface area contributed by atoms with Crippen molar-refractivity contribution in [2.45, 2.75) is 58.1 Å². The molecule has 4 heterocycles. The maximum atomic E-state index is 14.6. The summed E-state index contributed by atoms with van der Waals surface area (Å²) in [4.78, 5) is 22.7. The van der Waals surface area contributed by atoms with Crippen LogP contribution in [0.1, 0.15) is 31.2 Å². The fourth-order valence-corrected chi connectivity index (χ4v) is 6.76. The molecule has 7 rings (SSSR count). The van der Waals surface area contributed by atoms with Gasteiger partial charge in [0.15, 0.2) is 5.82 Å². The first kappa shape index (κ1) is 29.9. The molecule has 2 N–H and O–H groups in total. The molecule has 0 saturated carbocycles. The number of hydrogen-bond acceptors (Lipinski definition) is 6. The lowest BCUT2D eigenvalue weighted by Crippen LogP contribution is -2.22. The van der Waals surface area contributed by atoms with Crippen LogP contribution in [-0.2, 0) is 11.5 Å². The van der Waals surface area contributed by atoms with Crippen LogP contribution in [-0.4, -0.2) is 44.0 Å². The molecule has 9 nitrogen and oxygen atoms in total. The fraction of sp³-hybridized carbons (Fsp3) is 0.278. The lowest BCUT2D eigenvalue weighted by molar-refractivity contribution is 0.0788. The molecule has 0 fully saturated rings. The van der Waals surface area contributed by atoms with Gasteiger partial charge in [0.05, 0.1) is 11.1 Å². The standard InChI is InChI=1S/C36H39N7O2Si/c1-46(2,3)22-21-45-24-42-20-18-30(40-42)38-34-32(28-16-17-29-27(23-28)15-10-19-37-29)36(44)43-35(39-34)31(25-11-6-4-7-12-25)33(41-43)26-13-8-5-9-14-26/h5,8-11,13-20,23,39H,4,6-7,12,21-22,24H2,1-3H3,(H,38,40). The van der Waals surface area contributed by atoms with E-state index in [0.717, 1.165) is 65.0 Å². The third-order valence-corrected chi connectivity index (χ3v) is 10.2. The molecule has 0 amide bonds. The first-order valence-corrected chi connectivity index (χ1v) is 19.7. The normalized spacial score (nSPS) is 13.8. The van der Waals surface area contributed by atoms with Crippen molar-refractivity contribution in [1.82, 2.24) is 29.4 Å². The van der Waals surface area contributed by atoms with E-state index >= 15 is 0 Å². The van der Waals surface area contributed by atoms with Gasteiger partial charge in [0.2, 0.25) is 0 Å². The maximum Gasteiger partial charge on any atom is 0.284 e. The van der Waals surface area contributed by atoms with Gasteiger partial charge in [-0.1, -0.05) is 68.2 Å². The Labute approximate surface area is 269 Å². The number of hydrogen-bond donors (Lipinski definition) is 2. The molecule has 4 aromatic heterocycles. The molecule has 0 spiro atoms. The molecule has 0 radical (unpaired) electrons. The van der Waals surface area contributed by atoms with Crippen LogP contribution in [0.3, 0.4) is 0 Å². The summed E-state index contributed by atoms with van der Waals surface area (Å²) in [6.07, 6.45) is 10.2. The van der Waals surface area contributed by atoms with Crippen LogP contribution < -0.4 is 10.9 Å². The lowest BCUT2D eigenvalue weighted by atomic mass is 9.92. The van der Waals surface area contributed by atoms with Crippen molar-refractivity contribution in [3.05, 3.63) is 101 Å². The predicted molar refractivity (Wildman–Crippen MR) is 188 cm³/mol. The zero-order valence-corrected chi connectivity index (χ0v) is 27.6. The van der Waals surface area contributed by atoms with Crippen LogP contribution in [0.5, 0.6) is 0 Å². The zero-order chi connectivity index (χ0) is 31.7. The Morgan fingerprint density at radius 1 is 0.957 bits per heavy atom. The van der Waals surface area contributed by atoms with Gasteiger partial charge < -0.3 is 15.0 Å². The van der Waals surface area contributed by atoms with Crippen molar-refractivity contribution in [3.8, 4) is 22.4 Å². The van der Waals surface area contributed by atoms with Gasteiger partial charge in [0.1, 0.15) is 23.9 Å². The molecular formula is C36H39N7O2Si. The molecular weight excluding hydrogens is 591 g/mol. The van der Waals surface area contributed by atoms with Crippen LogP contribution >= 0.6 is 0 Å². The summed E-state index contributed by atoms with van der Waals surface area (Å²) in [5.74, 6) is 1.17. The van der Waals surface area contributed by atoms with Gasteiger partial charge in [-0.05, 0) is 61.1 Å². The number of nitrogens with zero attached hydrogens (tertiary/aromatic N) is 5. The van der Waals surface area contributed by atoms with Crippen molar-refractivity contribution in [2.24, 2.45) is 0 Å². The van der Waals surface area contributed by atoms with Gasteiger partial charge in [0, 0.05) is 49.7 Å². The average molecular weight is 630 g/mol. The van der Waals surface area contributed by atoms with E-state index in [2.05, 4.69) is 41.0 Å². The quantitative estimate of drug-likeness (QED) is 0.117. The molecule has 0 aliphatic heterocycles. The summed E-state index contributed by atoms with van der Waals surface area (Å²) >= 11 is 0. The minimum atomic E-state index is -1.18. The zero-order valence-electron chi connectivity index (χ0n) is 26.6. The van der Waals surface area contributed by atoms with Gasteiger partial charge in [0.25, 0.3) is 5.56 Å². The average Bonchev–Trinajstić information content (AvgIpc) is 3.68. The number of nitrogens with one attached hydrogen (secondary N) is 2. The molecule has 2 aromatic carbocycles. The lowest BCUT2D eigenvalue weighted by Gasteiger charge is -2.15. The fourth-order valence-electron chi connectivity index (χ4n) is 6.00. The maximum absolute atomic E-state index is 14.6. The van der Waals surface area contributed by atoms with Crippen LogP contribution in [0.15, 0.2) is 90.0 Å². The second kappa shape index (κ2) is 12.5. The second-order valence-corrected chi connectivity index (χ2v) is 18.8. The molecule has 1 aliphatic rings. The molecule has 0 unspecified atom stereocenters. The van der Waals surface area contributed by atoms with Crippen LogP contribution in [0.25, 0.3) is 44.5 Å². The van der Waals surface area contributed by atoms with E-state index in [4.69, 9.17) is 14.9 Å². The molecule has 1 aliphatic carbocycles. The summed E-state index contributed by atoms with van der Waals surface area (Å²) in [7, 11) is -1.18. The number of ether oxygens (including phenoxy) is 1. The van der Waals surface area contributed by atoms with Gasteiger partial charge >= 0.3 is 0 Å². The highest BCUT2D eigenvalue weighted by atomic mass is 28.3. The van der Waals surface area contributed by atoms with Crippen molar-refractivity contribution >= 4 is 41.8 Å². The Balaban J connectivity index is 1.36. The summed E-state index contributed by atoms with van der Waals surface area (Å²) < 4.78 is 9.23. The molecule has 0 atom stereocenters. The van der Waals surface area contributed by atoms with Gasteiger partial charge in [-0.2, -0.15) is 14.7 Å². The number of pyridine rings is 1. The topological polar surface area (TPSA) is 102 Å².